The Morgan fingerprint density at radius 1 is 1.24 bits per heavy atom. The van der Waals surface area contributed by atoms with Gasteiger partial charge in [0.05, 0.1) is 12.8 Å². The number of anilines is 1. The molecule has 116 valence electrons. The molecule has 0 saturated heterocycles. The first-order valence-corrected chi connectivity index (χ1v) is 7.15. The Bertz CT molecular complexity index is 454. The molecule has 1 aromatic carbocycles. The summed E-state index contributed by atoms with van der Waals surface area (Å²) >= 11 is 5.08. The number of esters is 1. The van der Waals surface area contributed by atoms with E-state index in [-0.39, 0.29) is 11.8 Å². The van der Waals surface area contributed by atoms with Crippen molar-refractivity contribution in [3.8, 4) is 0 Å². The zero-order chi connectivity index (χ0) is 15.5. The minimum Gasteiger partial charge on any atom is -0.469 e. The van der Waals surface area contributed by atoms with Crippen molar-refractivity contribution in [2.75, 3.05) is 19.1 Å². The molecule has 0 heterocycles. The number of halogens is 1. The molecule has 1 aromatic rings. The summed E-state index contributed by atoms with van der Waals surface area (Å²) in [6, 6.07) is 5.94. The van der Waals surface area contributed by atoms with Crippen molar-refractivity contribution in [2.24, 2.45) is 0 Å². The van der Waals surface area contributed by atoms with E-state index >= 15 is 0 Å². The Morgan fingerprint density at radius 3 is 2.62 bits per heavy atom. The molecule has 0 aliphatic rings. The predicted molar refractivity (Wildman–Crippen MR) is 84.2 cm³/mol. The number of hydrogen-bond donors (Lipinski definition) is 3. The van der Waals surface area contributed by atoms with Gasteiger partial charge in [-0.1, -0.05) is 6.42 Å². The van der Waals surface area contributed by atoms with E-state index in [0.717, 1.165) is 31.5 Å². The molecule has 5 nitrogen and oxygen atoms in total. The van der Waals surface area contributed by atoms with E-state index < -0.39 is 0 Å². The number of benzene rings is 1. The number of rotatable bonds is 8. The van der Waals surface area contributed by atoms with E-state index in [9.17, 15) is 9.18 Å². The largest absolute Gasteiger partial charge is 0.469 e. The SMILES string of the molecule is COC(=O)CCCCCNC(=S)NNc1ccc(F)cc1. The summed E-state index contributed by atoms with van der Waals surface area (Å²) in [5.74, 6) is -0.461. The monoisotopic (exact) mass is 313 g/mol. The smallest absolute Gasteiger partial charge is 0.305 e. The first-order valence-electron chi connectivity index (χ1n) is 6.74. The standard InChI is InChI=1S/C14H20FN3O2S/c1-20-13(19)5-3-2-4-10-16-14(21)18-17-12-8-6-11(15)7-9-12/h6-9,17H,2-5,10H2,1H3,(H2,16,18,21). The van der Waals surface area contributed by atoms with E-state index in [0.29, 0.717) is 11.5 Å². The lowest BCUT2D eigenvalue weighted by molar-refractivity contribution is -0.140. The van der Waals surface area contributed by atoms with Gasteiger partial charge >= 0.3 is 5.97 Å². The fraction of sp³-hybridized carbons (Fsp3) is 0.429. The number of carbonyl (C=O) groups is 1. The highest BCUT2D eigenvalue weighted by Gasteiger charge is 2.00. The average Bonchev–Trinajstić information content (AvgIpc) is 2.49. The van der Waals surface area contributed by atoms with Gasteiger partial charge in [0.1, 0.15) is 5.82 Å². The Hall–Kier alpha value is -1.89. The number of hydrazine groups is 1. The van der Waals surface area contributed by atoms with E-state index in [1.54, 1.807) is 12.1 Å². The molecule has 0 radical (unpaired) electrons. The Labute approximate surface area is 129 Å². The van der Waals surface area contributed by atoms with Crippen LogP contribution in [0.25, 0.3) is 0 Å². The number of ether oxygens (including phenoxy) is 1. The fourth-order valence-electron chi connectivity index (χ4n) is 1.58. The van der Waals surface area contributed by atoms with Crippen molar-refractivity contribution < 1.29 is 13.9 Å². The molecule has 21 heavy (non-hydrogen) atoms. The van der Waals surface area contributed by atoms with Gasteiger partial charge in [-0.25, -0.2) is 4.39 Å². The summed E-state index contributed by atoms with van der Waals surface area (Å²) in [4.78, 5) is 10.9. The van der Waals surface area contributed by atoms with Crippen molar-refractivity contribution in [3.63, 3.8) is 0 Å². The average molecular weight is 313 g/mol. The molecule has 0 fully saturated rings. The molecule has 0 saturated carbocycles. The summed E-state index contributed by atoms with van der Waals surface area (Å²) in [5.41, 5.74) is 6.40. The van der Waals surface area contributed by atoms with Crippen molar-refractivity contribution >= 4 is 29.0 Å². The maximum atomic E-state index is 12.7. The van der Waals surface area contributed by atoms with E-state index in [1.807, 2.05) is 0 Å². The molecule has 3 N–H and O–H groups in total. The van der Waals surface area contributed by atoms with Crippen molar-refractivity contribution in [1.82, 2.24) is 10.7 Å². The number of methoxy groups -OCH3 is 1. The highest BCUT2D eigenvalue weighted by atomic mass is 32.1. The molecule has 0 aliphatic heterocycles. The Morgan fingerprint density at radius 2 is 1.95 bits per heavy atom. The van der Waals surface area contributed by atoms with E-state index in [4.69, 9.17) is 12.2 Å². The quantitative estimate of drug-likeness (QED) is 0.296. The molecule has 0 aromatic heterocycles. The van der Waals surface area contributed by atoms with Crippen LogP contribution in [0.3, 0.4) is 0 Å². The van der Waals surface area contributed by atoms with Crippen LogP contribution in [0.1, 0.15) is 25.7 Å². The van der Waals surface area contributed by atoms with Crippen molar-refractivity contribution in [2.45, 2.75) is 25.7 Å². The minimum absolute atomic E-state index is 0.177. The van der Waals surface area contributed by atoms with Gasteiger partial charge in [0.2, 0.25) is 0 Å². The van der Waals surface area contributed by atoms with Crippen LogP contribution in [-0.2, 0) is 9.53 Å². The number of carbonyl (C=O) groups excluding carboxylic acids is 1. The normalized spacial score (nSPS) is 9.81. The number of hydrogen-bond acceptors (Lipinski definition) is 4. The highest BCUT2D eigenvalue weighted by molar-refractivity contribution is 7.80. The van der Waals surface area contributed by atoms with Gasteiger partial charge in [-0.3, -0.25) is 15.6 Å². The third-order valence-corrected chi connectivity index (χ3v) is 2.98. The van der Waals surface area contributed by atoms with Gasteiger partial charge in [-0.15, -0.1) is 0 Å². The number of unbranched alkanes of at least 4 members (excludes halogenated alkanes) is 2. The molecule has 1 rings (SSSR count). The molecule has 0 aliphatic carbocycles. The van der Waals surface area contributed by atoms with Crippen LogP contribution in [0.2, 0.25) is 0 Å². The second-order valence-corrected chi connectivity index (χ2v) is 4.81. The van der Waals surface area contributed by atoms with Gasteiger partial charge in [-0.05, 0) is 49.3 Å². The third-order valence-electron chi connectivity index (χ3n) is 2.74. The first kappa shape index (κ1) is 17.2. The first-order chi connectivity index (χ1) is 10.1. The predicted octanol–water partition coefficient (Wildman–Crippen LogP) is 2.35. The van der Waals surface area contributed by atoms with Crippen LogP contribution < -0.4 is 16.2 Å². The summed E-state index contributed by atoms with van der Waals surface area (Å²) in [5, 5.41) is 3.50. The summed E-state index contributed by atoms with van der Waals surface area (Å²) < 4.78 is 17.3. The molecular formula is C14H20FN3O2S. The number of thiocarbonyl (C=S) groups is 1. The van der Waals surface area contributed by atoms with Gasteiger partial charge in [-0.2, -0.15) is 0 Å². The highest BCUT2D eigenvalue weighted by Crippen LogP contribution is 2.06. The van der Waals surface area contributed by atoms with Gasteiger partial charge in [0.15, 0.2) is 5.11 Å². The lowest BCUT2D eigenvalue weighted by atomic mass is 10.2. The van der Waals surface area contributed by atoms with Crippen molar-refractivity contribution in [3.05, 3.63) is 30.1 Å². The van der Waals surface area contributed by atoms with Crippen LogP contribution in [0.4, 0.5) is 10.1 Å². The van der Waals surface area contributed by atoms with Crippen LogP contribution in [-0.4, -0.2) is 24.7 Å². The van der Waals surface area contributed by atoms with Crippen LogP contribution in [0.5, 0.6) is 0 Å². The second kappa shape index (κ2) is 9.93. The maximum absolute atomic E-state index is 12.7. The van der Waals surface area contributed by atoms with E-state index in [2.05, 4.69) is 20.9 Å². The second-order valence-electron chi connectivity index (χ2n) is 4.40. The summed E-state index contributed by atoms with van der Waals surface area (Å²) in [7, 11) is 1.39. The topological polar surface area (TPSA) is 62.4 Å². The molecule has 0 amide bonds. The van der Waals surface area contributed by atoms with Crippen LogP contribution >= 0.6 is 12.2 Å². The number of nitrogens with one attached hydrogen (secondary N) is 3. The molecular weight excluding hydrogens is 293 g/mol. The van der Waals surface area contributed by atoms with Gasteiger partial charge < -0.3 is 10.1 Å². The lowest BCUT2D eigenvalue weighted by Gasteiger charge is -2.12. The third kappa shape index (κ3) is 8.09. The summed E-state index contributed by atoms with van der Waals surface area (Å²) in [6.45, 7) is 0.720. The Kier molecular flexibility index (Phi) is 8.11. The fourth-order valence-corrected chi connectivity index (χ4v) is 1.73. The van der Waals surface area contributed by atoms with Crippen molar-refractivity contribution in [1.29, 1.82) is 0 Å². The minimum atomic E-state index is -0.284. The van der Waals surface area contributed by atoms with Crippen LogP contribution in [0, 0.1) is 5.82 Å². The Balaban J connectivity index is 2.04. The lowest BCUT2D eigenvalue weighted by Crippen LogP contribution is -2.39. The van der Waals surface area contributed by atoms with Gasteiger partial charge in [0, 0.05) is 13.0 Å². The maximum Gasteiger partial charge on any atom is 0.305 e. The molecule has 0 spiro atoms. The zero-order valence-electron chi connectivity index (χ0n) is 11.9. The molecule has 0 bridgehead atoms. The molecule has 0 atom stereocenters. The molecule has 7 heteroatoms. The van der Waals surface area contributed by atoms with Crippen LogP contribution in [0.15, 0.2) is 24.3 Å². The van der Waals surface area contributed by atoms with Gasteiger partial charge in [0.25, 0.3) is 0 Å². The van der Waals surface area contributed by atoms with E-state index in [1.165, 1.54) is 19.2 Å². The molecule has 0 unspecified atom stereocenters. The zero-order valence-corrected chi connectivity index (χ0v) is 12.8. The summed E-state index contributed by atoms with van der Waals surface area (Å²) in [6.07, 6.45) is 3.10.